The summed E-state index contributed by atoms with van der Waals surface area (Å²) in [5, 5.41) is 3.14. The fourth-order valence-corrected chi connectivity index (χ4v) is 1.22. The highest BCUT2D eigenvalue weighted by molar-refractivity contribution is 5.54. The van der Waals surface area contributed by atoms with E-state index < -0.39 is 0 Å². The monoisotopic (exact) mass is 188 g/mol. The first-order valence-electron chi connectivity index (χ1n) is 4.49. The highest BCUT2D eigenvalue weighted by Crippen LogP contribution is 2.18. The van der Waals surface area contributed by atoms with Crippen LogP contribution in [0, 0.1) is 0 Å². The van der Waals surface area contributed by atoms with Crippen LogP contribution in [0.2, 0.25) is 0 Å². The number of hydrogen-bond donors (Lipinski definition) is 2. The van der Waals surface area contributed by atoms with Crippen molar-refractivity contribution in [3.8, 4) is 0 Å². The third kappa shape index (κ3) is 1.95. The van der Waals surface area contributed by atoms with E-state index in [9.17, 15) is 0 Å². The van der Waals surface area contributed by atoms with Crippen LogP contribution in [0.3, 0.4) is 0 Å². The molecule has 2 rings (SSSR count). The van der Waals surface area contributed by atoms with Crippen LogP contribution in [-0.2, 0) is 6.54 Å². The van der Waals surface area contributed by atoms with Gasteiger partial charge in [-0.05, 0) is 18.2 Å². The van der Waals surface area contributed by atoms with Crippen molar-refractivity contribution in [3.05, 3.63) is 48.2 Å². The lowest BCUT2D eigenvalue weighted by Gasteiger charge is -2.01. The van der Waals surface area contributed by atoms with Gasteiger partial charge in [-0.3, -0.25) is 0 Å². The molecule has 0 bridgehead atoms. The van der Waals surface area contributed by atoms with E-state index >= 15 is 0 Å². The summed E-state index contributed by atoms with van der Waals surface area (Å²) in [5.74, 6) is 1.50. The van der Waals surface area contributed by atoms with Crippen LogP contribution in [0.5, 0.6) is 0 Å². The zero-order valence-electron chi connectivity index (χ0n) is 7.73. The Morgan fingerprint density at radius 2 is 1.86 bits per heavy atom. The number of furan rings is 1. The molecule has 72 valence electrons. The van der Waals surface area contributed by atoms with Gasteiger partial charge in [-0.25, -0.2) is 0 Å². The fourth-order valence-electron chi connectivity index (χ4n) is 1.22. The van der Waals surface area contributed by atoms with Crippen molar-refractivity contribution in [2.75, 3.05) is 5.32 Å². The van der Waals surface area contributed by atoms with Crippen LogP contribution in [0.1, 0.15) is 5.76 Å². The Labute approximate surface area is 82.5 Å². The molecule has 2 aromatic rings. The van der Waals surface area contributed by atoms with Gasteiger partial charge in [0.25, 0.3) is 0 Å². The summed E-state index contributed by atoms with van der Waals surface area (Å²) in [6, 6.07) is 13.6. The minimum atomic E-state index is 0.427. The Bertz CT molecular complexity index is 395. The summed E-state index contributed by atoms with van der Waals surface area (Å²) in [7, 11) is 0. The second-order valence-electron chi connectivity index (χ2n) is 2.96. The number of anilines is 2. The normalized spacial score (nSPS) is 10.1. The van der Waals surface area contributed by atoms with Crippen molar-refractivity contribution in [3.63, 3.8) is 0 Å². The van der Waals surface area contributed by atoms with Crippen LogP contribution in [0.25, 0.3) is 0 Å². The molecule has 0 saturated carbocycles. The van der Waals surface area contributed by atoms with Gasteiger partial charge in [0.15, 0.2) is 5.88 Å². The van der Waals surface area contributed by atoms with Gasteiger partial charge >= 0.3 is 0 Å². The van der Waals surface area contributed by atoms with Gasteiger partial charge in [0, 0.05) is 11.8 Å². The van der Waals surface area contributed by atoms with Crippen LogP contribution >= 0.6 is 0 Å². The summed E-state index contributed by atoms with van der Waals surface area (Å²) in [6.45, 7) is 0.427. The summed E-state index contributed by atoms with van der Waals surface area (Å²) in [4.78, 5) is 0. The zero-order valence-corrected chi connectivity index (χ0v) is 7.73. The smallest absolute Gasteiger partial charge is 0.197 e. The van der Waals surface area contributed by atoms with Crippen LogP contribution < -0.4 is 11.1 Å². The molecule has 0 unspecified atom stereocenters. The lowest BCUT2D eigenvalue weighted by atomic mass is 10.3. The van der Waals surface area contributed by atoms with Gasteiger partial charge in [0.2, 0.25) is 0 Å². The number of nitrogens with one attached hydrogen (secondary N) is 1. The number of nitrogens with two attached hydrogens (primary N) is 1. The van der Waals surface area contributed by atoms with E-state index in [1.165, 1.54) is 0 Å². The van der Waals surface area contributed by atoms with Gasteiger partial charge in [-0.15, -0.1) is 0 Å². The van der Waals surface area contributed by atoms with E-state index in [0.29, 0.717) is 6.54 Å². The molecule has 0 aliphatic carbocycles. The lowest BCUT2D eigenvalue weighted by Crippen LogP contribution is -1.93. The molecular weight excluding hydrogens is 176 g/mol. The van der Waals surface area contributed by atoms with E-state index in [4.69, 9.17) is 10.2 Å². The predicted octanol–water partition coefficient (Wildman–Crippen LogP) is 2.48. The van der Waals surface area contributed by atoms with E-state index in [0.717, 1.165) is 17.3 Å². The first-order chi connectivity index (χ1) is 6.88. The van der Waals surface area contributed by atoms with Gasteiger partial charge in [-0.2, -0.15) is 0 Å². The van der Waals surface area contributed by atoms with Crippen LogP contribution in [-0.4, -0.2) is 0 Å². The maximum atomic E-state index is 5.44. The molecule has 14 heavy (non-hydrogen) atoms. The Hall–Kier alpha value is -1.74. The van der Waals surface area contributed by atoms with Crippen LogP contribution in [0.15, 0.2) is 46.9 Å². The van der Waals surface area contributed by atoms with Crippen molar-refractivity contribution in [1.82, 2.24) is 0 Å². The molecule has 3 heteroatoms. The predicted molar refractivity (Wildman–Crippen MR) is 56.3 cm³/mol. The second kappa shape index (κ2) is 3.98. The largest absolute Gasteiger partial charge is 0.444 e. The fraction of sp³-hybridized carbons (Fsp3) is 0.0909. The summed E-state index contributed by atoms with van der Waals surface area (Å²) in [6.07, 6.45) is 0. The number of benzene rings is 1. The molecule has 0 fully saturated rings. The molecule has 0 atom stereocenters. The third-order valence-electron chi connectivity index (χ3n) is 1.90. The molecular formula is C11H12N2O. The maximum absolute atomic E-state index is 5.44. The standard InChI is InChI=1S/C11H12N2O/c12-8-10-6-7-11(14-10)13-9-4-2-1-3-5-9/h1-7,13H,8,12H2. The SMILES string of the molecule is NCc1ccc(Nc2ccccc2)o1. The summed E-state index contributed by atoms with van der Waals surface area (Å²) in [5.41, 5.74) is 6.44. The zero-order chi connectivity index (χ0) is 9.80. The molecule has 0 amide bonds. The van der Waals surface area contributed by atoms with Crippen molar-refractivity contribution < 1.29 is 4.42 Å². The van der Waals surface area contributed by atoms with Crippen LogP contribution in [0.4, 0.5) is 11.6 Å². The second-order valence-corrected chi connectivity index (χ2v) is 2.96. The molecule has 0 aliphatic rings. The summed E-state index contributed by atoms with van der Waals surface area (Å²) >= 11 is 0. The van der Waals surface area contributed by atoms with Gasteiger partial charge in [0.1, 0.15) is 5.76 Å². The van der Waals surface area contributed by atoms with Gasteiger partial charge in [-0.1, -0.05) is 18.2 Å². The van der Waals surface area contributed by atoms with Crippen molar-refractivity contribution in [2.45, 2.75) is 6.54 Å². The maximum Gasteiger partial charge on any atom is 0.197 e. The van der Waals surface area contributed by atoms with Gasteiger partial charge in [0.05, 0.1) is 6.54 Å². The third-order valence-corrected chi connectivity index (χ3v) is 1.90. The molecule has 1 aromatic heterocycles. The first kappa shape index (κ1) is 8.84. The highest BCUT2D eigenvalue weighted by Gasteiger charge is 1.99. The Balaban J connectivity index is 2.11. The van der Waals surface area contributed by atoms with Crippen molar-refractivity contribution in [1.29, 1.82) is 0 Å². The minimum Gasteiger partial charge on any atom is -0.444 e. The highest BCUT2D eigenvalue weighted by atomic mass is 16.4. The van der Waals surface area contributed by atoms with Crippen molar-refractivity contribution >= 4 is 11.6 Å². The quantitative estimate of drug-likeness (QED) is 0.778. The van der Waals surface area contributed by atoms with E-state index in [2.05, 4.69) is 5.32 Å². The Kier molecular flexibility index (Phi) is 2.51. The number of rotatable bonds is 3. The average molecular weight is 188 g/mol. The summed E-state index contributed by atoms with van der Waals surface area (Å²) < 4.78 is 5.40. The molecule has 3 nitrogen and oxygen atoms in total. The Morgan fingerprint density at radius 1 is 1.07 bits per heavy atom. The molecule has 0 saturated heterocycles. The van der Waals surface area contributed by atoms with E-state index in [1.54, 1.807) is 0 Å². The molecule has 0 radical (unpaired) electrons. The molecule has 0 aliphatic heterocycles. The number of hydrogen-bond acceptors (Lipinski definition) is 3. The number of para-hydroxylation sites is 1. The average Bonchev–Trinajstić information content (AvgIpc) is 2.67. The van der Waals surface area contributed by atoms with E-state index in [-0.39, 0.29) is 0 Å². The van der Waals surface area contributed by atoms with Crippen molar-refractivity contribution in [2.24, 2.45) is 5.73 Å². The lowest BCUT2D eigenvalue weighted by molar-refractivity contribution is 0.528. The molecule has 3 N–H and O–H groups in total. The molecule has 1 aromatic carbocycles. The molecule has 0 spiro atoms. The van der Waals surface area contributed by atoms with Gasteiger partial charge < -0.3 is 15.5 Å². The molecule has 1 heterocycles. The van der Waals surface area contributed by atoms with E-state index in [1.807, 2.05) is 42.5 Å². The Morgan fingerprint density at radius 3 is 2.50 bits per heavy atom. The topological polar surface area (TPSA) is 51.2 Å². The first-order valence-corrected chi connectivity index (χ1v) is 4.49. The minimum absolute atomic E-state index is 0.427.